The average Bonchev–Trinajstić information content (AvgIpc) is 2.94. The van der Waals surface area contributed by atoms with Crippen LogP contribution in [0.15, 0.2) is 30.3 Å². The van der Waals surface area contributed by atoms with Gasteiger partial charge < -0.3 is 29.7 Å². The number of aliphatic hydroxyl groups is 1. The fraction of sp³-hybridized carbons (Fsp3) is 0.724. The van der Waals surface area contributed by atoms with Gasteiger partial charge in [-0.2, -0.15) is 0 Å². The predicted molar refractivity (Wildman–Crippen MR) is 150 cm³/mol. The average molecular weight is 552 g/mol. The SMILES string of the molecule is CCCCN1C(=O)[C@@H]([C@H](O)C2CCCCC2)NC(=O)C12CCN(CCOCCOc1ccccc1)CC2.Cl. The van der Waals surface area contributed by atoms with Crippen LogP contribution in [0.5, 0.6) is 5.75 Å². The molecule has 2 amide bonds. The molecule has 3 fully saturated rings. The lowest BCUT2D eigenvalue weighted by Crippen LogP contribution is -2.75. The molecule has 0 aromatic heterocycles. The van der Waals surface area contributed by atoms with Crippen LogP contribution in [0.3, 0.4) is 0 Å². The van der Waals surface area contributed by atoms with Crippen LogP contribution in [0.2, 0.25) is 0 Å². The number of likely N-dealkylation sites (tertiary alicyclic amines) is 1. The first-order valence-corrected chi connectivity index (χ1v) is 14.3. The summed E-state index contributed by atoms with van der Waals surface area (Å²) in [6.07, 6.45) is 7.43. The van der Waals surface area contributed by atoms with E-state index >= 15 is 0 Å². The van der Waals surface area contributed by atoms with Gasteiger partial charge in [0.15, 0.2) is 0 Å². The van der Waals surface area contributed by atoms with E-state index in [1.54, 1.807) is 0 Å². The van der Waals surface area contributed by atoms with Gasteiger partial charge in [-0.05, 0) is 50.2 Å². The van der Waals surface area contributed by atoms with Crippen molar-refractivity contribution in [3.63, 3.8) is 0 Å². The number of unbranched alkanes of at least 4 members (excludes halogenated alkanes) is 1. The molecule has 0 unspecified atom stereocenters. The van der Waals surface area contributed by atoms with Gasteiger partial charge in [0.25, 0.3) is 0 Å². The van der Waals surface area contributed by atoms with Crippen molar-refractivity contribution in [2.24, 2.45) is 5.92 Å². The summed E-state index contributed by atoms with van der Waals surface area (Å²) in [6, 6.07) is 8.89. The predicted octanol–water partition coefficient (Wildman–Crippen LogP) is 3.41. The third-order valence-corrected chi connectivity index (χ3v) is 8.44. The minimum absolute atomic E-state index is 0. The Bertz CT molecular complexity index is 859. The topological polar surface area (TPSA) is 91.3 Å². The maximum atomic E-state index is 13.7. The molecule has 1 aromatic rings. The zero-order valence-corrected chi connectivity index (χ0v) is 23.6. The van der Waals surface area contributed by atoms with Gasteiger partial charge in [-0.25, -0.2) is 0 Å². The maximum absolute atomic E-state index is 13.7. The van der Waals surface area contributed by atoms with Crippen LogP contribution in [-0.4, -0.2) is 90.4 Å². The van der Waals surface area contributed by atoms with Crippen molar-refractivity contribution in [3.05, 3.63) is 30.3 Å². The highest BCUT2D eigenvalue weighted by Crippen LogP contribution is 2.36. The summed E-state index contributed by atoms with van der Waals surface area (Å²) in [5.74, 6) is 0.747. The molecule has 2 aliphatic heterocycles. The number of piperazine rings is 1. The Labute approximate surface area is 233 Å². The Morgan fingerprint density at radius 1 is 1.03 bits per heavy atom. The third kappa shape index (κ3) is 7.40. The Kier molecular flexibility index (Phi) is 12.2. The Morgan fingerprint density at radius 3 is 2.42 bits per heavy atom. The molecule has 2 atom stereocenters. The Balaban J connectivity index is 0.00000400. The summed E-state index contributed by atoms with van der Waals surface area (Å²) in [5.41, 5.74) is -0.810. The fourth-order valence-electron chi connectivity index (χ4n) is 6.13. The van der Waals surface area contributed by atoms with E-state index < -0.39 is 17.7 Å². The lowest BCUT2D eigenvalue weighted by Gasteiger charge is -2.52. The van der Waals surface area contributed by atoms with Gasteiger partial charge in [0.2, 0.25) is 11.8 Å². The maximum Gasteiger partial charge on any atom is 0.248 e. The van der Waals surface area contributed by atoms with Gasteiger partial charge in [0, 0.05) is 26.2 Å². The van der Waals surface area contributed by atoms with Crippen LogP contribution >= 0.6 is 12.4 Å². The second-order valence-electron chi connectivity index (χ2n) is 10.8. The highest BCUT2D eigenvalue weighted by Gasteiger charge is 2.55. The molecule has 9 heteroatoms. The van der Waals surface area contributed by atoms with Gasteiger partial charge in [-0.15, -0.1) is 12.4 Å². The van der Waals surface area contributed by atoms with Gasteiger partial charge in [-0.1, -0.05) is 50.8 Å². The minimum atomic E-state index is -0.817. The number of ether oxygens (including phenoxy) is 2. The van der Waals surface area contributed by atoms with Crippen molar-refractivity contribution in [1.29, 1.82) is 0 Å². The summed E-state index contributed by atoms with van der Waals surface area (Å²) in [4.78, 5) is 31.4. The minimum Gasteiger partial charge on any atom is -0.491 e. The quantitative estimate of drug-likeness (QED) is 0.387. The monoisotopic (exact) mass is 551 g/mol. The number of nitrogens with zero attached hydrogens (tertiary/aromatic N) is 2. The molecule has 1 aromatic carbocycles. The Hall–Kier alpha value is -1.87. The van der Waals surface area contributed by atoms with E-state index in [0.717, 1.165) is 63.9 Å². The lowest BCUT2D eigenvalue weighted by atomic mass is 9.78. The molecule has 38 heavy (non-hydrogen) atoms. The fourth-order valence-corrected chi connectivity index (χ4v) is 6.13. The molecule has 3 aliphatic rings. The van der Waals surface area contributed by atoms with Crippen LogP contribution in [0.1, 0.15) is 64.7 Å². The van der Waals surface area contributed by atoms with Crippen LogP contribution in [0.25, 0.3) is 0 Å². The second-order valence-corrected chi connectivity index (χ2v) is 10.8. The van der Waals surface area contributed by atoms with E-state index in [-0.39, 0.29) is 30.1 Å². The van der Waals surface area contributed by atoms with Crippen molar-refractivity contribution in [2.45, 2.75) is 82.4 Å². The number of hydrogen-bond donors (Lipinski definition) is 2. The normalized spacial score (nSPS) is 23.1. The molecule has 1 spiro atoms. The summed E-state index contributed by atoms with van der Waals surface area (Å²) in [5, 5.41) is 14.1. The standard InChI is InChI=1S/C29H45N3O5.ClH/c1-2-3-16-32-27(34)25(26(33)23-10-6-4-7-11-23)30-28(35)29(32)14-17-31(18-15-29)19-20-36-21-22-37-24-12-8-5-9-13-24;/h5,8-9,12-13,23,25-26,33H,2-4,6-7,10-11,14-22H2,1H3,(H,30,35);1H/t25-,26-;/m1./s1. The number of para-hydroxylation sites is 1. The molecular weight excluding hydrogens is 506 g/mol. The summed E-state index contributed by atoms with van der Waals surface area (Å²) in [7, 11) is 0. The van der Waals surface area contributed by atoms with E-state index in [2.05, 4.69) is 17.1 Å². The van der Waals surface area contributed by atoms with Gasteiger partial charge in [0.1, 0.15) is 23.9 Å². The Morgan fingerprint density at radius 2 is 1.74 bits per heavy atom. The zero-order valence-electron chi connectivity index (χ0n) is 22.8. The molecule has 2 saturated heterocycles. The number of piperidine rings is 1. The molecule has 1 saturated carbocycles. The third-order valence-electron chi connectivity index (χ3n) is 8.44. The number of hydrogen-bond acceptors (Lipinski definition) is 6. The lowest BCUT2D eigenvalue weighted by molar-refractivity contribution is -0.166. The van der Waals surface area contributed by atoms with Crippen LogP contribution in [-0.2, 0) is 14.3 Å². The van der Waals surface area contributed by atoms with Crippen molar-refractivity contribution in [3.8, 4) is 5.75 Å². The number of benzene rings is 1. The first kappa shape index (κ1) is 30.7. The molecule has 0 radical (unpaired) electrons. The highest BCUT2D eigenvalue weighted by molar-refractivity contribution is 6.00. The molecule has 214 valence electrons. The molecular formula is C29H46ClN3O5. The van der Waals surface area contributed by atoms with E-state index in [1.165, 1.54) is 6.42 Å². The molecule has 2 N–H and O–H groups in total. The number of amides is 2. The number of halogens is 1. The van der Waals surface area contributed by atoms with Crippen molar-refractivity contribution in [1.82, 2.24) is 15.1 Å². The van der Waals surface area contributed by atoms with Crippen LogP contribution in [0.4, 0.5) is 0 Å². The molecule has 0 bridgehead atoms. The van der Waals surface area contributed by atoms with E-state index in [4.69, 9.17) is 9.47 Å². The summed E-state index contributed by atoms with van der Waals surface area (Å²) in [6.45, 7) is 6.57. The van der Waals surface area contributed by atoms with Crippen LogP contribution in [0, 0.1) is 5.92 Å². The van der Waals surface area contributed by atoms with Crippen molar-refractivity contribution in [2.75, 3.05) is 46.0 Å². The van der Waals surface area contributed by atoms with E-state index in [0.29, 0.717) is 39.2 Å². The van der Waals surface area contributed by atoms with Gasteiger partial charge in [0.05, 0.1) is 19.3 Å². The van der Waals surface area contributed by atoms with Crippen molar-refractivity contribution < 1.29 is 24.2 Å². The van der Waals surface area contributed by atoms with Crippen molar-refractivity contribution >= 4 is 24.2 Å². The molecule has 8 nitrogen and oxygen atoms in total. The molecule has 4 rings (SSSR count). The smallest absolute Gasteiger partial charge is 0.248 e. The van der Waals surface area contributed by atoms with Gasteiger partial charge in [-0.3, -0.25) is 9.59 Å². The van der Waals surface area contributed by atoms with E-state index in [9.17, 15) is 14.7 Å². The first-order valence-electron chi connectivity index (χ1n) is 14.3. The molecule has 1 aliphatic carbocycles. The zero-order chi connectivity index (χ0) is 26.1. The van der Waals surface area contributed by atoms with Crippen LogP contribution < -0.4 is 10.1 Å². The summed E-state index contributed by atoms with van der Waals surface area (Å²) >= 11 is 0. The number of rotatable bonds is 12. The number of carbonyl (C=O) groups excluding carboxylic acids is 2. The highest BCUT2D eigenvalue weighted by atomic mass is 35.5. The largest absolute Gasteiger partial charge is 0.491 e. The van der Waals surface area contributed by atoms with E-state index in [1.807, 2.05) is 35.2 Å². The first-order chi connectivity index (χ1) is 18.0. The number of carbonyl (C=O) groups is 2. The van der Waals surface area contributed by atoms with Gasteiger partial charge >= 0.3 is 0 Å². The second kappa shape index (κ2) is 15.1. The molecule has 2 heterocycles. The number of aliphatic hydroxyl groups excluding tert-OH is 1. The summed E-state index contributed by atoms with van der Waals surface area (Å²) < 4.78 is 11.4. The number of nitrogens with one attached hydrogen (secondary N) is 1.